The smallest absolute Gasteiger partial charge is 0.275 e. The second-order valence-electron chi connectivity index (χ2n) is 10.3. The van der Waals surface area contributed by atoms with Crippen LogP contribution in [0.25, 0.3) is 10.9 Å². The molecular weight excluding hydrogens is 478 g/mol. The van der Waals surface area contributed by atoms with Gasteiger partial charge in [0.25, 0.3) is 5.82 Å². The predicted molar refractivity (Wildman–Crippen MR) is 151 cm³/mol. The van der Waals surface area contributed by atoms with Gasteiger partial charge < -0.3 is 19.9 Å². The molecule has 1 aromatic heterocycles. The van der Waals surface area contributed by atoms with Crippen molar-refractivity contribution in [1.82, 2.24) is 4.90 Å². The summed E-state index contributed by atoms with van der Waals surface area (Å²) in [4.78, 5) is 35.5. The largest absolute Gasteiger partial charge is 0.373 e. The van der Waals surface area contributed by atoms with Crippen molar-refractivity contribution in [2.45, 2.75) is 33.6 Å². The van der Waals surface area contributed by atoms with Gasteiger partial charge in [-0.15, -0.1) is 0 Å². The van der Waals surface area contributed by atoms with Crippen molar-refractivity contribution in [1.29, 1.82) is 0 Å². The lowest BCUT2D eigenvalue weighted by atomic mass is 10.1. The fourth-order valence-electron chi connectivity index (χ4n) is 5.37. The molecule has 8 heteroatoms. The van der Waals surface area contributed by atoms with Crippen LogP contribution in [0.4, 0.5) is 17.2 Å². The van der Waals surface area contributed by atoms with Crippen LogP contribution in [-0.4, -0.2) is 69.2 Å². The summed E-state index contributed by atoms with van der Waals surface area (Å²) in [6.45, 7) is 12.6. The molecule has 2 saturated heterocycles. The maximum Gasteiger partial charge on any atom is 0.275 e. The zero-order valence-corrected chi connectivity index (χ0v) is 22.7. The Bertz CT molecular complexity index is 1330. The normalized spacial score (nSPS) is 16.1. The first-order valence-corrected chi connectivity index (χ1v) is 13.6. The number of rotatable bonds is 6. The second kappa shape index (κ2) is 11.4. The quantitative estimate of drug-likeness (QED) is 0.543. The molecule has 2 aliphatic heterocycles. The molecule has 3 heterocycles. The number of fused-ring (bicyclic) bond motifs is 1. The van der Waals surface area contributed by atoms with Crippen LogP contribution >= 0.6 is 0 Å². The minimum atomic E-state index is -0.140. The zero-order valence-electron chi connectivity index (χ0n) is 22.7. The number of H-pyrrole nitrogens is 1. The van der Waals surface area contributed by atoms with E-state index in [0.29, 0.717) is 13.1 Å². The van der Waals surface area contributed by atoms with E-state index < -0.39 is 0 Å². The lowest BCUT2D eigenvalue weighted by Crippen LogP contribution is -2.49. The topological polar surface area (TPSA) is 79.3 Å². The summed E-state index contributed by atoms with van der Waals surface area (Å²) in [5.74, 6) is 0.988. The van der Waals surface area contributed by atoms with Crippen LogP contribution in [-0.2, 0) is 14.3 Å². The number of carbonyl (C=O) groups excluding carboxylic acids is 2. The molecule has 2 fully saturated rings. The number of ether oxygens (including phenoxy) is 1. The van der Waals surface area contributed by atoms with Gasteiger partial charge in [0, 0.05) is 61.8 Å². The standard InChI is InChI=1S/C30H37N5O3/c1-21-5-4-6-27(23(21)3)33-11-13-35(14-12-33)30(37)10-9-29(36)31-24-7-8-26-25(20-24)22(2)19-28(32-26)34-15-17-38-18-16-34/h4-8,19-20H,9-18H2,1-3H3,(H,31,36)/p+1. The van der Waals surface area contributed by atoms with Crippen molar-refractivity contribution in [3.63, 3.8) is 0 Å². The summed E-state index contributed by atoms with van der Waals surface area (Å²) in [6, 6.07) is 14.4. The van der Waals surface area contributed by atoms with Gasteiger partial charge in [0.2, 0.25) is 11.8 Å². The highest BCUT2D eigenvalue weighted by molar-refractivity contribution is 5.95. The predicted octanol–water partition coefficient (Wildman–Crippen LogP) is 3.48. The summed E-state index contributed by atoms with van der Waals surface area (Å²) in [7, 11) is 0. The molecule has 0 aliphatic carbocycles. The number of benzene rings is 2. The molecule has 8 nitrogen and oxygen atoms in total. The van der Waals surface area contributed by atoms with Crippen LogP contribution in [0.15, 0.2) is 42.5 Å². The number of hydrogen-bond donors (Lipinski definition) is 1. The number of pyridine rings is 1. The van der Waals surface area contributed by atoms with Crippen molar-refractivity contribution in [2.75, 3.05) is 67.6 Å². The van der Waals surface area contributed by atoms with Gasteiger partial charge in [-0.2, -0.15) is 0 Å². The fourth-order valence-corrected chi connectivity index (χ4v) is 5.37. The highest BCUT2D eigenvalue weighted by Crippen LogP contribution is 2.25. The first-order valence-electron chi connectivity index (χ1n) is 13.6. The highest BCUT2D eigenvalue weighted by Gasteiger charge is 2.23. The van der Waals surface area contributed by atoms with Gasteiger partial charge in [-0.05, 0) is 61.7 Å². The zero-order chi connectivity index (χ0) is 26.6. The molecule has 0 saturated carbocycles. The third kappa shape index (κ3) is 5.75. The molecule has 38 heavy (non-hydrogen) atoms. The molecule has 5 rings (SSSR count). The molecule has 0 spiro atoms. The number of nitrogens with zero attached hydrogens (tertiary/aromatic N) is 3. The highest BCUT2D eigenvalue weighted by atomic mass is 16.5. The monoisotopic (exact) mass is 516 g/mol. The summed E-state index contributed by atoms with van der Waals surface area (Å²) in [5.41, 5.74) is 6.74. The Hall–Kier alpha value is -3.65. The van der Waals surface area contributed by atoms with E-state index in [1.807, 2.05) is 23.1 Å². The minimum absolute atomic E-state index is 0.0420. The first-order chi connectivity index (χ1) is 18.4. The Morgan fingerprint density at radius 1 is 0.868 bits per heavy atom. The summed E-state index contributed by atoms with van der Waals surface area (Å²) in [5, 5.41) is 4.05. The van der Waals surface area contributed by atoms with Gasteiger partial charge in [-0.25, -0.2) is 4.98 Å². The van der Waals surface area contributed by atoms with Crippen molar-refractivity contribution in [3.05, 3.63) is 59.2 Å². The lowest BCUT2D eigenvalue weighted by Gasteiger charge is -2.37. The van der Waals surface area contributed by atoms with Crippen LogP contribution in [0.5, 0.6) is 0 Å². The molecule has 2 aliphatic rings. The van der Waals surface area contributed by atoms with Crippen molar-refractivity contribution < 1.29 is 19.3 Å². The maximum atomic E-state index is 12.8. The van der Waals surface area contributed by atoms with Gasteiger partial charge in [-0.1, -0.05) is 12.1 Å². The first kappa shape index (κ1) is 26.0. The van der Waals surface area contributed by atoms with Crippen molar-refractivity contribution in [3.8, 4) is 0 Å². The molecule has 0 unspecified atom stereocenters. The molecule has 200 valence electrons. The third-order valence-corrected chi connectivity index (χ3v) is 7.81. The number of aryl methyl sites for hydroxylation is 2. The summed E-state index contributed by atoms with van der Waals surface area (Å²) in [6.07, 6.45) is 0.397. The van der Waals surface area contributed by atoms with Crippen LogP contribution < -0.4 is 20.1 Å². The molecule has 2 aromatic carbocycles. The fraction of sp³-hybridized carbons (Fsp3) is 0.433. The van der Waals surface area contributed by atoms with E-state index in [2.05, 4.69) is 65.1 Å². The van der Waals surface area contributed by atoms with Gasteiger partial charge in [0.05, 0.1) is 13.2 Å². The number of morpholine rings is 1. The van der Waals surface area contributed by atoms with Crippen LogP contribution in [0, 0.1) is 20.8 Å². The average Bonchev–Trinajstić information content (AvgIpc) is 2.94. The van der Waals surface area contributed by atoms with Crippen LogP contribution in [0.1, 0.15) is 29.5 Å². The second-order valence-corrected chi connectivity index (χ2v) is 10.3. The molecular formula is C30H38N5O3+. The van der Waals surface area contributed by atoms with Crippen LogP contribution in [0.2, 0.25) is 0 Å². The molecule has 0 radical (unpaired) electrons. The SMILES string of the molecule is Cc1cccc(N2CCN(C(=O)CCC(=O)Nc3ccc4[nH+]c(N5CCOCC5)cc(C)c4c3)CC2)c1C. The number of piperazine rings is 1. The minimum Gasteiger partial charge on any atom is -0.373 e. The van der Waals surface area contributed by atoms with Crippen LogP contribution in [0.3, 0.4) is 0 Å². The third-order valence-electron chi connectivity index (χ3n) is 7.81. The number of nitrogens with one attached hydrogen (secondary N) is 2. The maximum absolute atomic E-state index is 12.8. The Morgan fingerprint density at radius 3 is 2.39 bits per heavy atom. The molecule has 0 atom stereocenters. The van der Waals surface area contributed by atoms with E-state index in [0.717, 1.165) is 67.4 Å². The Labute approximate surface area is 224 Å². The lowest BCUT2D eigenvalue weighted by molar-refractivity contribution is -0.331. The number of amides is 2. The van der Waals surface area contributed by atoms with E-state index in [9.17, 15) is 9.59 Å². The van der Waals surface area contributed by atoms with E-state index in [-0.39, 0.29) is 24.7 Å². The van der Waals surface area contributed by atoms with Crippen molar-refractivity contribution in [2.24, 2.45) is 0 Å². The Balaban J connectivity index is 1.13. The number of aromatic amines is 1. The Morgan fingerprint density at radius 2 is 1.63 bits per heavy atom. The van der Waals surface area contributed by atoms with Gasteiger partial charge in [0.15, 0.2) is 0 Å². The van der Waals surface area contributed by atoms with E-state index in [4.69, 9.17) is 4.74 Å². The molecule has 3 aromatic rings. The number of carbonyl (C=O) groups is 2. The van der Waals surface area contributed by atoms with E-state index >= 15 is 0 Å². The Kier molecular flexibility index (Phi) is 7.79. The number of anilines is 3. The van der Waals surface area contributed by atoms with Gasteiger partial charge >= 0.3 is 0 Å². The molecule has 2 amide bonds. The number of aromatic nitrogens is 1. The average molecular weight is 517 g/mol. The molecule has 2 N–H and O–H groups in total. The summed E-state index contributed by atoms with van der Waals surface area (Å²) < 4.78 is 5.47. The molecule has 0 bridgehead atoms. The summed E-state index contributed by atoms with van der Waals surface area (Å²) >= 11 is 0. The van der Waals surface area contributed by atoms with Gasteiger partial charge in [0.1, 0.15) is 18.6 Å². The number of hydrogen-bond acceptors (Lipinski definition) is 5. The van der Waals surface area contributed by atoms with E-state index in [1.54, 1.807) is 0 Å². The van der Waals surface area contributed by atoms with Crippen molar-refractivity contribution >= 4 is 39.9 Å². The van der Waals surface area contributed by atoms with Gasteiger partial charge in [-0.3, -0.25) is 14.5 Å². The van der Waals surface area contributed by atoms with E-state index in [1.165, 1.54) is 16.8 Å².